The van der Waals surface area contributed by atoms with Crippen molar-refractivity contribution in [3.8, 4) is 11.4 Å². The van der Waals surface area contributed by atoms with Crippen LogP contribution in [0.25, 0.3) is 11.4 Å². The van der Waals surface area contributed by atoms with Crippen molar-refractivity contribution < 1.29 is 19.4 Å². The van der Waals surface area contributed by atoms with Gasteiger partial charge < -0.3 is 19.6 Å². The number of likely N-dealkylation sites (tertiary alicyclic amines) is 2. The minimum Gasteiger partial charge on any atom is -0.456 e. The lowest BCUT2D eigenvalue weighted by Crippen LogP contribution is -2.45. The molecule has 36 heavy (non-hydrogen) atoms. The Morgan fingerprint density at radius 3 is 2.67 bits per heavy atom. The van der Waals surface area contributed by atoms with Crippen LogP contribution >= 0.6 is 0 Å². The van der Waals surface area contributed by atoms with Crippen molar-refractivity contribution >= 4 is 11.9 Å². The zero-order chi connectivity index (χ0) is 24.6. The second kappa shape index (κ2) is 7.94. The molecular weight excluding hydrogens is 460 g/mol. The number of esters is 1. The maximum atomic E-state index is 13.4. The zero-order valence-electron chi connectivity index (χ0n) is 20.4. The van der Waals surface area contributed by atoms with Crippen molar-refractivity contribution in [1.29, 1.82) is 0 Å². The number of hydrogen-bond acceptors (Lipinski definition) is 8. The summed E-state index contributed by atoms with van der Waals surface area (Å²) >= 11 is 0. The highest BCUT2D eigenvalue weighted by atomic mass is 16.5. The number of nitrogens with zero attached hydrogens (tertiary/aromatic N) is 6. The number of tetrazole rings is 1. The maximum Gasteiger partial charge on any atom is 0.336 e. The van der Waals surface area contributed by atoms with Gasteiger partial charge >= 0.3 is 5.97 Å². The number of β-amino-alcohol motifs (C(OH)–C–C–N with tert-alkyl or cyclic N) is 1. The molecule has 2 aromatic rings. The highest BCUT2D eigenvalue weighted by Crippen LogP contribution is 2.47. The number of amides is 1. The third-order valence-corrected chi connectivity index (χ3v) is 8.94. The van der Waals surface area contributed by atoms with Crippen molar-refractivity contribution in [3.63, 3.8) is 0 Å². The average Bonchev–Trinajstić information content (AvgIpc) is 3.25. The van der Waals surface area contributed by atoms with Gasteiger partial charge in [0, 0.05) is 18.7 Å². The topological polar surface area (TPSA) is 114 Å². The third-order valence-electron chi connectivity index (χ3n) is 8.94. The van der Waals surface area contributed by atoms with Gasteiger partial charge in [-0.25, -0.2) is 9.48 Å². The lowest BCUT2D eigenvalue weighted by atomic mass is 9.77. The van der Waals surface area contributed by atoms with Gasteiger partial charge in [0.15, 0.2) is 5.82 Å². The predicted octanol–water partition coefficient (Wildman–Crippen LogP) is 1.76. The second-order valence-electron chi connectivity index (χ2n) is 11.0. The molecule has 4 aliphatic heterocycles. The normalized spacial score (nSPS) is 24.0. The Morgan fingerprint density at radius 2 is 1.94 bits per heavy atom. The molecule has 1 aliphatic carbocycles. The van der Waals surface area contributed by atoms with Crippen LogP contribution in [0.2, 0.25) is 0 Å². The summed E-state index contributed by atoms with van der Waals surface area (Å²) in [5.41, 5.74) is 5.39. The number of ether oxygens (including phenoxy) is 1. The molecule has 1 N–H and O–H groups in total. The molecule has 1 amide bonds. The van der Waals surface area contributed by atoms with Gasteiger partial charge in [0.1, 0.15) is 6.61 Å². The van der Waals surface area contributed by atoms with Crippen LogP contribution in [0.3, 0.4) is 0 Å². The molecule has 5 aliphatic rings. The van der Waals surface area contributed by atoms with Crippen LogP contribution in [-0.4, -0.2) is 79.8 Å². The van der Waals surface area contributed by atoms with Crippen LogP contribution in [0.15, 0.2) is 23.4 Å². The number of aliphatic hydroxyl groups excluding tert-OH is 1. The summed E-state index contributed by atoms with van der Waals surface area (Å²) in [6, 6.07) is 4.35. The first-order chi connectivity index (χ1) is 17.4. The number of carbonyl (C=O) groups is 2. The molecule has 1 spiro atoms. The van der Waals surface area contributed by atoms with Crippen LogP contribution < -0.4 is 0 Å². The summed E-state index contributed by atoms with van der Waals surface area (Å²) in [6.07, 6.45) is 4.08. The highest BCUT2D eigenvalue weighted by Gasteiger charge is 2.50. The van der Waals surface area contributed by atoms with Gasteiger partial charge in [-0.2, -0.15) is 0 Å². The summed E-state index contributed by atoms with van der Waals surface area (Å²) in [6.45, 7) is 5.33. The first kappa shape index (κ1) is 22.1. The molecule has 1 aromatic heterocycles. The Morgan fingerprint density at radius 1 is 1.17 bits per heavy atom. The Hall–Kier alpha value is -3.11. The monoisotopic (exact) mass is 490 g/mol. The molecule has 10 heteroatoms. The van der Waals surface area contributed by atoms with Crippen molar-refractivity contribution in [2.24, 2.45) is 5.41 Å². The van der Waals surface area contributed by atoms with Gasteiger partial charge in [0.05, 0.1) is 29.3 Å². The molecule has 188 valence electrons. The number of carbonyl (C=O) groups excluding carboxylic acids is 2. The SMILES string of the molecule is CC1=C(N2CCC3(CCN(CC(O)c4cc5c(cc4C4CC4)-c4nnnn4C5)CC3)C2=O)COC1=O. The molecule has 0 radical (unpaired) electrons. The maximum absolute atomic E-state index is 13.4. The van der Waals surface area contributed by atoms with Gasteiger partial charge in [-0.05, 0) is 91.2 Å². The van der Waals surface area contributed by atoms with Crippen molar-refractivity contribution in [2.75, 3.05) is 32.8 Å². The number of cyclic esters (lactones) is 1. The van der Waals surface area contributed by atoms with Crippen LogP contribution in [0.1, 0.15) is 67.7 Å². The van der Waals surface area contributed by atoms with Crippen molar-refractivity contribution in [2.45, 2.75) is 57.6 Å². The number of hydrogen-bond donors (Lipinski definition) is 1. The van der Waals surface area contributed by atoms with Gasteiger partial charge in [-0.3, -0.25) is 4.79 Å². The van der Waals surface area contributed by atoms with E-state index in [0.717, 1.165) is 73.4 Å². The lowest BCUT2D eigenvalue weighted by molar-refractivity contribution is -0.138. The summed E-state index contributed by atoms with van der Waals surface area (Å²) < 4.78 is 6.95. The predicted molar refractivity (Wildman–Crippen MR) is 127 cm³/mol. The molecule has 1 atom stereocenters. The minimum absolute atomic E-state index is 0.130. The van der Waals surface area contributed by atoms with Gasteiger partial charge in [0.2, 0.25) is 5.91 Å². The van der Waals surface area contributed by atoms with E-state index in [0.29, 0.717) is 31.1 Å². The molecule has 2 saturated heterocycles. The van der Waals surface area contributed by atoms with Crippen LogP contribution in [0.5, 0.6) is 0 Å². The number of aromatic nitrogens is 4. The Kier molecular flexibility index (Phi) is 4.88. The quantitative estimate of drug-likeness (QED) is 0.539. The lowest BCUT2D eigenvalue weighted by Gasteiger charge is -2.39. The number of fused-ring (bicyclic) bond motifs is 3. The van der Waals surface area contributed by atoms with Gasteiger partial charge in [-0.15, -0.1) is 5.10 Å². The number of rotatable bonds is 5. The van der Waals surface area contributed by atoms with E-state index >= 15 is 0 Å². The number of aliphatic hydroxyl groups is 1. The molecule has 1 unspecified atom stereocenters. The smallest absolute Gasteiger partial charge is 0.336 e. The summed E-state index contributed by atoms with van der Waals surface area (Å²) in [5.74, 6) is 1.12. The van der Waals surface area contributed by atoms with E-state index in [1.54, 1.807) is 11.8 Å². The van der Waals surface area contributed by atoms with Gasteiger partial charge in [0.25, 0.3) is 0 Å². The molecule has 0 bridgehead atoms. The second-order valence-corrected chi connectivity index (χ2v) is 11.0. The molecule has 1 aromatic carbocycles. The third kappa shape index (κ3) is 3.34. The standard InChI is InChI=1S/C26H30N6O4/c1-15-21(14-36-24(15)34)31-9-6-26(25(31)35)4-7-30(8-5-26)13-22(33)20-10-17-12-32-23(27-28-29-32)19(17)11-18(20)16-2-3-16/h10-11,16,22,33H,2-9,12-14H2,1H3. The first-order valence-electron chi connectivity index (χ1n) is 13.0. The Balaban J connectivity index is 1.05. The average molecular weight is 491 g/mol. The van der Waals surface area contributed by atoms with Gasteiger partial charge in [-0.1, -0.05) is 6.07 Å². The van der Waals surface area contributed by atoms with E-state index in [9.17, 15) is 14.7 Å². The molecule has 3 fully saturated rings. The number of piperidine rings is 1. The van der Waals surface area contributed by atoms with E-state index in [4.69, 9.17) is 4.74 Å². The van der Waals surface area contributed by atoms with Crippen molar-refractivity contribution in [3.05, 3.63) is 40.1 Å². The fraction of sp³-hybridized carbons (Fsp3) is 0.577. The van der Waals surface area contributed by atoms with Crippen molar-refractivity contribution in [1.82, 2.24) is 30.0 Å². The van der Waals surface area contributed by atoms with Crippen LogP contribution in [0, 0.1) is 5.41 Å². The van der Waals surface area contributed by atoms with E-state index in [1.807, 2.05) is 4.68 Å². The minimum atomic E-state index is -0.579. The van der Waals surface area contributed by atoms with E-state index in [1.165, 1.54) is 5.56 Å². The first-order valence-corrected chi connectivity index (χ1v) is 13.0. The summed E-state index contributed by atoms with van der Waals surface area (Å²) in [7, 11) is 0. The Bertz CT molecular complexity index is 1300. The molecular formula is C26H30N6O4. The van der Waals surface area contributed by atoms with Crippen LogP contribution in [-0.2, 0) is 20.9 Å². The van der Waals surface area contributed by atoms with E-state index in [-0.39, 0.29) is 23.9 Å². The largest absolute Gasteiger partial charge is 0.456 e. The molecule has 1 saturated carbocycles. The summed E-state index contributed by atoms with van der Waals surface area (Å²) in [5, 5.41) is 23.4. The fourth-order valence-corrected chi connectivity index (χ4v) is 6.52. The zero-order valence-corrected chi connectivity index (χ0v) is 20.4. The number of benzene rings is 1. The molecule has 10 nitrogen and oxygen atoms in total. The Labute approximate surface area is 208 Å². The molecule has 5 heterocycles. The fourth-order valence-electron chi connectivity index (χ4n) is 6.52. The molecule has 7 rings (SSSR count). The van der Waals surface area contributed by atoms with Crippen LogP contribution in [0.4, 0.5) is 0 Å². The summed E-state index contributed by atoms with van der Waals surface area (Å²) in [4.78, 5) is 29.3. The van der Waals surface area contributed by atoms with E-state index in [2.05, 4.69) is 32.6 Å². The van der Waals surface area contributed by atoms with E-state index < -0.39 is 6.10 Å². The highest BCUT2D eigenvalue weighted by molar-refractivity contribution is 5.94.